The van der Waals surface area contributed by atoms with E-state index in [1.807, 2.05) is 5.01 Å². The van der Waals surface area contributed by atoms with E-state index in [9.17, 15) is 39.9 Å². The average Bonchev–Trinajstić information content (AvgIpc) is 3.89. The zero-order valence-corrected chi connectivity index (χ0v) is 37.8. The highest BCUT2D eigenvalue weighted by Crippen LogP contribution is 2.55. The number of aromatic hydroxyl groups is 3. The van der Waals surface area contributed by atoms with Crippen LogP contribution in [-0.4, -0.2) is 129 Å². The topological polar surface area (TPSA) is 220 Å². The van der Waals surface area contributed by atoms with E-state index in [1.54, 1.807) is 39.8 Å². The summed E-state index contributed by atoms with van der Waals surface area (Å²) in [6.45, 7) is 15.4. The number of benzene rings is 2. The van der Waals surface area contributed by atoms with Gasteiger partial charge in [-0.1, -0.05) is 58.8 Å². The molecule has 1 saturated heterocycles. The molecule has 5 bridgehead atoms. The monoisotopic (exact) mass is 876 g/mol. The van der Waals surface area contributed by atoms with Crippen LogP contribution >= 0.6 is 0 Å². The predicted octanol–water partition coefficient (Wildman–Crippen LogP) is 5.65. The number of carbonyl (C=O) groups excluding carboxylic acids is 3. The van der Waals surface area contributed by atoms with Gasteiger partial charge in [0, 0.05) is 93.4 Å². The summed E-state index contributed by atoms with van der Waals surface area (Å²) in [5, 5.41) is 67.6. The Bertz CT molecular complexity index is 2190. The third-order valence-corrected chi connectivity index (χ3v) is 13.5. The molecule has 2 fully saturated rings. The highest BCUT2D eigenvalue weighted by atomic mass is 16.7. The summed E-state index contributed by atoms with van der Waals surface area (Å²) >= 11 is 0. The van der Waals surface area contributed by atoms with Crippen LogP contribution in [0.15, 0.2) is 41.2 Å². The number of hydrazone groups is 1. The fourth-order valence-electron chi connectivity index (χ4n) is 9.47. The standard InChI is InChI=1S/C47H64N4O12/c1-24-13-12-14-25(2)46(59)49-37-32(23-48-51-20-18-50(19-21-51)31-15-10-11-16-31)41(56)34-35(42(37)57)40(55)29(6)44-36(34)45(58)47(8,63-44)61-22-17-33(60-9)26(3)43(62-30(7)52)28(5)39(54)27(4)38(24)53/h12-14,17,22-24,26-28,31,33,38-39,43,53-57H,10-11,15-16,18-21H2,1-9H3,(H,49,59)/b13-12-,22-17-,25-14-,48-23?/t24-,26+,27-,28-,33+,38-,39-,43+,47-/m0/s1. The molecule has 344 valence electrons. The normalized spacial score (nSPS) is 32.4. The van der Waals surface area contributed by atoms with Crippen molar-refractivity contribution in [1.82, 2.24) is 9.91 Å². The highest BCUT2D eigenvalue weighted by Gasteiger charge is 2.50. The van der Waals surface area contributed by atoms with Crippen LogP contribution in [0.1, 0.15) is 95.6 Å². The van der Waals surface area contributed by atoms with Crippen molar-refractivity contribution in [3.05, 3.63) is 52.8 Å². The second kappa shape index (κ2) is 19.3. The Labute approximate surface area is 368 Å². The molecule has 7 rings (SSSR count). The number of methoxy groups -OCH3 is 1. The van der Waals surface area contributed by atoms with Crippen LogP contribution in [0.5, 0.6) is 23.0 Å². The van der Waals surface area contributed by atoms with Crippen molar-refractivity contribution in [3.63, 3.8) is 0 Å². The number of allylic oxidation sites excluding steroid dienone is 2. The molecule has 1 saturated carbocycles. The number of ether oxygens (including phenoxy) is 4. The number of Topliss-reactive ketones (excluding diaryl/α,β-unsaturated/α-hetero) is 1. The van der Waals surface area contributed by atoms with Crippen molar-refractivity contribution >= 4 is 40.3 Å². The molecule has 4 aliphatic heterocycles. The Balaban J connectivity index is 1.47. The van der Waals surface area contributed by atoms with Gasteiger partial charge in [0.1, 0.15) is 23.4 Å². The Morgan fingerprint density at radius 1 is 0.921 bits per heavy atom. The van der Waals surface area contributed by atoms with Crippen LogP contribution < -0.4 is 10.1 Å². The summed E-state index contributed by atoms with van der Waals surface area (Å²) in [4.78, 5) is 43.2. The Hall–Kier alpha value is -5.16. The quantitative estimate of drug-likeness (QED) is 0.0926. The van der Waals surface area contributed by atoms with Gasteiger partial charge in [-0.2, -0.15) is 5.10 Å². The minimum absolute atomic E-state index is 0.0631. The maximum atomic E-state index is 14.5. The Morgan fingerprint density at radius 2 is 1.59 bits per heavy atom. The zero-order valence-electron chi connectivity index (χ0n) is 37.8. The first-order valence-corrected chi connectivity index (χ1v) is 21.9. The molecule has 0 spiro atoms. The predicted molar refractivity (Wildman–Crippen MR) is 237 cm³/mol. The lowest BCUT2D eigenvalue weighted by molar-refractivity contribution is -0.160. The van der Waals surface area contributed by atoms with E-state index < -0.39 is 88.8 Å². The molecule has 6 N–H and O–H groups in total. The number of amides is 1. The summed E-state index contributed by atoms with van der Waals surface area (Å²) in [6.07, 6.45) is 9.75. The van der Waals surface area contributed by atoms with Crippen molar-refractivity contribution in [2.75, 3.05) is 38.6 Å². The molecule has 0 radical (unpaired) electrons. The maximum absolute atomic E-state index is 14.5. The first-order valence-electron chi connectivity index (χ1n) is 21.9. The van der Waals surface area contributed by atoms with Gasteiger partial charge in [-0.15, -0.1) is 0 Å². The minimum atomic E-state index is -2.04. The van der Waals surface area contributed by atoms with Gasteiger partial charge in [0.2, 0.25) is 0 Å². The SMILES string of the molecule is CO[C@@H]1/C=C\O[C@@]2(C)Oc3c(C)c(O)c4c(O)c(c(C=NN5CCN(C6CCCC6)CC5)c(O)c4c3C2=O)NC(=O)/C(C)=C\C=C/[C@H](C)[C@H](O)[C@H](C)[C@H](O)[C@H](C)[C@H](OC(C)=O)[C@@H]1C. The molecule has 5 aliphatic rings. The lowest BCUT2D eigenvalue weighted by Crippen LogP contribution is -2.47. The number of esters is 1. The van der Waals surface area contributed by atoms with Crippen LogP contribution in [-0.2, 0) is 23.8 Å². The number of hydrogen-bond acceptors (Lipinski definition) is 15. The van der Waals surface area contributed by atoms with Crippen molar-refractivity contribution < 1.29 is 58.9 Å². The summed E-state index contributed by atoms with van der Waals surface area (Å²) < 4.78 is 23.7. The molecule has 4 heterocycles. The fraction of sp³-hybridized carbons (Fsp3) is 0.574. The third kappa shape index (κ3) is 9.40. The largest absolute Gasteiger partial charge is 0.507 e. The van der Waals surface area contributed by atoms with E-state index >= 15 is 0 Å². The zero-order chi connectivity index (χ0) is 46.1. The Morgan fingerprint density at radius 3 is 2.22 bits per heavy atom. The molecule has 2 aromatic rings. The van der Waals surface area contributed by atoms with Crippen molar-refractivity contribution in [3.8, 4) is 23.0 Å². The second-order valence-electron chi connectivity index (χ2n) is 17.8. The van der Waals surface area contributed by atoms with E-state index in [-0.39, 0.29) is 44.5 Å². The van der Waals surface area contributed by atoms with E-state index in [1.165, 1.54) is 85.1 Å². The number of ketones is 1. The number of phenolic OH excluding ortho intramolecular Hbond substituents is 3. The summed E-state index contributed by atoms with van der Waals surface area (Å²) in [5.74, 6) is -8.28. The molecule has 2 aromatic carbocycles. The van der Waals surface area contributed by atoms with Gasteiger partial charge in [0.05, 0.1) is 53.0 Å². The van der Waals surface area contributed by atoms with E-state index in [0.717, 1.165) is 13.1 Å². The van der Waals surface area contributed by atoms with Crippen LogP contribution in [0.25, 0.3) is 10.8 Å². The van der Waals surface area contributed by atoms with Gasteiger partial charge in [-0.05, 0) is 32.8 Å². The van der Waals surface area contributed by atoms with Gasteiger partial charge in [-0.25, -0.2) is 0 Å². The summed E-state index contributed by atoms with van der Waals surface area (Å²) in [5.41, 5.74) is -0.293. The van der Waals surface area contributed by atoms with Gasteiger partial charge in [0.15, 0.2) is 5.75 Å². The number of fused-ring (bicyclic) bond motifs is 14. The van der Waals surface area contributed by atoms with Crippen molar-refractivity contribution in [1.29, 1.82) is 0 Å². The fourth-order valence-corrected chi connectivity index (χ4v) is 9.47. The number of phenols is 3. The number of rotatable bonds is 5. The van der Waals surface area contributed by atoms with E-state index in [4.69, 9.17) is 18.9 Å². The molecule has 9 atom stereocenters. The second-order valence-corrected chi connectivity index (χ2v) is 17.8. The van der Waals surface area contributed by atoms with Gasteiger partial charge in [-0.3, -0.25) is 24.3 Å². The van der Waals surface area contributed by atoms with Gasteiger partial charge < -0.3 is 49.8 Å². The smallest absolute Gasteiger partial charge is 0.312 e. The number of aliphatic hydroxyl groups is 2. The molecule has 16 nitrogen and oxygen atoms in total. The number of carbonyl (C=O) groups is 3. The molecule has 1 aliphatic carbocycles. The molecular formula is C47H64N4O12. The van der Waals surface area contributed by atoms with Crippen LogP contribution in [0.3, 0.4) is 0 Å². The lowest BCUT2D eigenvalue weighted by Gasteiger charge is -2.38. The number of aliphatic hydroxyl groups excluding tert-OH is 2. The first-order chi connectivity index (χ1) is 29.8. The number of anilines is 1. The lowest BCUT2D eigenvalue weighted by atomic mass is 9.78. The summed E-state index contributed by atoms with van der Waals surface area (Å²) in [6, 6.07) is 0.553. The first kappa shape index (κ1) is 47.3. The number of nitrogens with zero attached hydrogens (tertiary/aromatic N) is 3. The molecule has 16 heteroatoms. The molecule has 63 heavy (non-hydrogen) atoms. The number of piperazine rings is 1. The minimum Gasteiger partial charge on any atom is -0.507 e. The van der Waals surface area contributed by atoms with E-state index in [2.05, 4.69) is 15.3 Å². The Kier molecular flexibility index (Phi) is 14.5. The van der Waals surface area contributed by atoms with Crippen LogP contribution in [0, 0.1) is 30.6 Å². The molecular weight excluding hydrogens is 813 g/mol. The van der Waals surface area contributed by atoms with Crippen LogP contribution in [0.2, 0.25) is 0 Å². The third-order valence-electron chi connectivity index (χ3n) is 13.5. The van der Waals surface area contributed by atoms with Crippen LogP contribution in [0.4, 0.5) is 5.69 Å². The van der Waals surface area contributed by atoms with Gasteiger partial charge in [0.25, 0.3) is 11.7 Å². The maximum Gasteiger partial charge on any atom is 0.312 e. The van der Waals surface area contributed by atoms with E-state index in [0.29, 0.717) is 19.1 Å². The number of hydrogen-bond donors (Lipinski definition) is 6. The average molecular weight is 877 g/mol. The summed E-state index contributed by atoms with van der Waals surface area (Å²) in [7, 11) is 1.44. The molecule has 0 unspecified atom stereocenters. The van der Waals surface area contributed by atoms with Crippen molar-refractivity contribution in [2.24, 2.45) is 28.8 Å². The van der Waals surface area contributed by atoms with Gasteiger partial charge >= 0.3 is 11.8 Å². The molecule has 1 amide bonds. The molecule has 0 aromatic heterocycles. The van der Waals surface area contributed by atoms with Crippen molar-refractivity contribution in [2.45, 2.75) is 117 Å². The number of nitrogens with one attached hydrogen (secondary N) is 1. The highest BCUT2D eigenvalue weighted by molar-refractivity contribution is 6.23.